The second kappa shape index (κ2) is 4.86. The van der Waals surface area contributed by atoms with Crippen LogP contribution >= 0.6 is 0 Å². The molecule has 0 fully saturated rings. The molecule has 0 radical (unpaired) electrons. The highest BCUT2D eigenvalue weighted by molar-refractivity contribution is 5.80. The Morgan fingerprint density at radius 3 is 2.38 bits per heavy atom. The largest absolute Gasteiger partial charge is 0.468 e. The second-order valence-corrected chi connectivity index (χ2v) is 3.24. The van der Waals surface area contributed by atoms with Crippen LogP contribution in [0.5, 0.6) is 0 Å². The third-order valence-corrected chi connectivity index (χ3v) is 2.76. The Hall–Kier alpha value is -1.04. The van der Waals surface area contributed by atoms with Crippen molar-refractivity contribution < 1.29 is 9.53 Å². The minimum Gasteiger partial charge on any atom is -0.468 e. The number of methoxy groups -OCH3 is 1. The molecular weight excluding hydrogens is 166 g/mol. The molecule has 0 aromatic carbocycles. The van der Waals surface area contributed by atoms with Crippen LogP contribution in [-0.4, -0.2) is 13.1 Å². The summed E-state index contributed by atoms with van der Waals surface area (Å²) in [5, 5.41) is 9.03. The van der Waals surface area contributed by atoms with E-state index < -0.39 is 11.4 Å². The van der Waals surface area contributed by atoms with Crippen LogP contribution in [0, 0.1) is 22.7 Å². The zero-order chi connectivity index (χ0) is 10.5. The predicted molar refractivity (Wildman–Crippen MR) is 49.8 cm³/mol. The molecule has 0 aliphatic carbocycles. The second-order valence-electron chi connectivity index (χ2n) is 3.24. The predicted octanol–water partition coefficient (Wildman–Crippen LogP) is 2.13. The molecular formula is C10H17NO2. The summed E-state index contributed by atoms with van der Waals surface area (Å²) in [7, 11) is 1.33. The molecule has 0 spiro atoms. The van der Waals surface area contributed by atoms with E-state index in [0.717, 1.165) is 6.42 Å². The van der Waals surface area contributed by atoms with E-state index in [4.69, 9.17) is 5.26 Å². The average Bonchev–Trinajstić information content (AvgIpc) is 2.19. The maximum atomic E-state index is 11.5. The highest BCUT2D eigenvalue weighted by Gasteiger charge is 2.42. The molecule has 0 heterocycles. The lowest BCUT2D eigenvalue weighted by Crippen LogP contribution is -2.36. The van der Waals surface area contributed by atoms with Crippen LogP contribution in [0.2, 0.25) is 0 Å². The Morgan fingerprint density at radius 2 is 2.15 bits per heavy atom. The molecule has 13 heavy (non-hydrogen) atoms. The normalized spacial score (nSPS) is 16.8. The van der Waals surface area contributed by atoms with Gasteiger partial charge in [0.05, 0.1) is 13.2 Å². The van der Waals surface area contributed by atoms with E-state index in [0.29, 0.717) is 6.42 Å². The van der Waals surface area contributed by atoms with Gasteiger partial charge in [0.1, 0.15) is 0 Å². The van der Waals surface area contributed by atoms with Gasteiger partial charge in [-0.3, -0.25) is 4.79 Å². The molecule has 3 heteroatoms. The minimum absolute atomic E-state index is 0.0370. The maximum absolute atomic E-state index is 11.5. The molecule has 0 unspecified atom stereocenters. The van der Waals surface area contributed by atoms with Gasteiger partial charge < -0.3 is 4.74 Å². The molecule has 0 bridgehead atoms. The first kappa shape index (κ1) is 12.0. The van der Waals surface area contributed by atoms with Gasteiger partial charge in [0, 0.05) is 0 Å². The summed E-state index contributed by atoms with van der Waals surface area (Å²) in [6.45, 7) is 5.71. The zero-order valence-corrected chi connectivity index (χ0v) is 8.76. The topological polar surface area (TPSA) is 50.1 Å². The van der Waals surface area contributed by atoms with Crippen LogP contribution in [0.3, 0.4) is 0 Å². The molecule has 0 aromatic heterocycles. The summed E-state index contributed by atoms with van der Waals surface area (Å²) in [6.07, 6.45) is 1.31. The van der Waals surface area contributed by atoms with E-state index in [1.165, 1.54) is 7.11 Å². The van der Waals surface area contributed by atoms with Crippen molar-refractivity contribution in [2.75, 3.05) is 7.11 Å². The Balaban J connectivity index is 4.93. The van der Waals surface area contributed by atoms with Gasteiger partial charge in [-0.2, -0.15) is 5.26 Å². The van der Waals surface area contributed by atoms with Gasteiger partial charge in [0.2, 0.25) is 0 Å². The first-order valence-corrected chi connectivity index (χ1v) is 4.58. The number of nitrogens with zero attached hydrogens (tertiary/aromatic N) is 1. The quantitative estimate of drug-likeness (QED) is 0.627. The first-order chi connectivity index (χ1) is 6.08. The van der Waals surface area contributed by atoms with Crippen molar-refractivity contribution in [3.8, 4) is 6.07 Å². The van der Waals surface area contributed by atoms with E-state index >= 15 is 0 Å². The van der Waals surface area contributed by atoms with Gasteiger partial charge in [-0.15, -0.1) is 0 Å². The standard InChI is InChI=1S/C10H17NO2/c1-5-8(3)10(6-2,7-11)9(12)13-4/h8H,5-6H2,1-4H3/t8-,10+/m0/s1. The highest BCUT2D eigenvalue weighted by Crippen LogP contribution is 2.34. The van der Waals surface area contributed by atoms with Gasteiger partial charge in [-0.1, -0.05) is 27.2 Å². The lowest BCUT2D eigenvalue weighted by molar-refractivity contribution is -0.152. The number of rotatable bonds is 4. The van der Waals surface area contributed by atoms with Gasteiger partial charge in [-0.25, -0.2) is 0 Å². The summed E-state index contributed by atoms with van der Waals surface area (Å²) in [6, 6.07) is 2.09. The molecule has 0 aliphatic rings. The monoisotopic (exact) mass is 183 g/mol. The maximum Gasteiger partial charge on any atom is 0.326 e. The molecule has 0 rings (SSSR count). The number of carbonyl (C=O) groups is 1. The van der Waals surface area contributed by atoms with Crippen LogP contribution in [0.4, 0.5) is 0 Å². The first-order valence-electron chi connectivity index (χ1n) is 4.58. The molecule has 2 atom stereocenters. The van der Waals surface area contributed by atoms with E-state index in [2.05, 4.69) is 10.8 Å². The van der Waals surface area contributed by atoms with Gasteiger partial charge in [-0.05, 0) is 12.3 Å². The van der Waals surface area contributed by atoms with E-state index in [1.54, 1.807) is 0 Å². The Morgan fingerprint density at radius 1 is 1.62 bits per heavy atom. The minimum atomic E-state index is -0.955. The molecule has 0 saturated heterocycles. The Kier molecular flexibility index (Phi) is 4.47. The van der Waals surface area contributed by atoms with Gasteiger partial charge in [0.25, 0.3) is 0 Å². The van der Waals surface area contributed by atoms with Crippen molar-refractivity contribution in [1.82, 2.24) is 0 Å². The lowest BCUT2D eigenvalue weighted by atomic mass is 9.74. The summed E-state index contributed by atoms with van der Waals surface area (Å²) in [5.74, 6) is -0.373. The molecule has 0 aliphatic heterocycles. The van der Waals surface area contributed by atoms with Crippen molar-refractivity contribution in [3.63, 3.8) is 0 Å². The van der Waals surface area contributed by atoms with Crippen LogP contribution in [-0.2, 0) is 9.53 Å². The fraction of sp³-hybridized carbons (Fsp3) is 0.800. The molecule has 0 saturated carbocycles. The fourth-order valence-corrected chi connectivity index (χ4v) is 1.46. The number of esters is 1. The molecule has 3 nitrogen and oxygen atoms in total. The number of nitriles is 1. The highest BCUT2D eigenvalue weighted by atomic mass is 16.5. The number of hydrogen-bond donors (Lipinski definition) is 0. The van der Waals surface area contributed by atoms with Crippen LogP contribution in [0.15, 0.2) is 0 Å². The molecule has 74 valence electrons. The summed E-state index contributed by atoms with van der Waals surface area (Å²) in [4.78, 5) is 11.5. The van der Waals surface area contributed by atoms with E-state index in [1.807, 2.05) is 20.8 Å². The SMILES string of the molecule is CC[C@H](C)[C@](C#N)(CC)C(=O)OC. The van der Waals surface area contributed by atoms with Gasteiger partial charge in [0.15, 0.2) is 5.41 Å². The smallest absolute Gasteiger partial charge is 0.326 e. The Bertz CT molecular complexity index is 219. The zero-order valence-electron chi connectivity index (χ0n) is 8.76. The molecule has 0 aromatic rings. The molecule has 0 amide bonds. The van der Waals surface area contributed by atoms with Crippen LogP contribution < -0.4 is 0 Å². The average molecular weight is 183 g/mol. The van der Waals surface area contributed by atoms with Crippen molar-refractivity contribution in [2.45, 2.75) is 33.6 Å². The number of ether oxygens (including phenoxy) is 1. The summed E-state index contributed by atoms with van der Waals surface area (Å²) < 4.78 is 4.66. The van der Waals surface area contributed by atoms with E-state index in [-0.39, 0.29) is 5.92 Å². The van der Waals surface area contributed by atoms with Gasteiger partial charge >= 0.3 is 5.97 Å². The third kappa shape index (κ3) is 2.00. The number of carbonyl (C=O) groups excluding carboxylic acids is 1. The van der Waals surface area contributed by atoms with Crippen molar-refractivity contribution in [2.24, 2.45) is 11.3 Å². The fourth-order valence-electron chi connectivity index (χ4n) is 1.46. The summed E-state index contributed by atoms with van der Waals surface area (Å²) in [5.41, 5.74) is -0.955. The van der Waals surface area contributed by atoms with E-state index in [9.17, 15) is 4.79 Å². The molecule has 0 N–H and O–H groups in total. The van der Waals surface area contributed by atoms with Crippen molar-refractivity contribution in [3.05, 3.63) is 0 Å². The van der Waals surface area contributed by atoms with Crippen LogP contribution in [0.1, 0.15) is 33.6 Å². The van der Waals surface area contributed by atoms with Crippen LogP contribution in [0.25, 0.3) is 0 Å². The Labute approximate surface area is 79.7 Å². The van der Waals surface area contributed by atoms with Crippen molar-refractivity contribution in [1.29, 1.82) is 5.26 Å². The third-order valence-electron chi connectivity index (χ3n) is 2.76. The number of hydrogen-bond acceptors (Lipinski definition) is 3. The lowest BCUT2D eigenvalue weighted by Gasteiger charge is -2.27. The van der Waals surface area contributed by atoms with Crippen molar-refractivity contribution >= 4 is 5.97 Å². The summed E-state index contributed by atoms with van der Waals surface area (Å²) >= 11 is 0.